The summed E-state index contributed by atoms with van der Waals surface area (Å²) in [5.74, 6) is -0.163. The smallest absolute Gasteiger partial charge is 0.257 e. The predicted molar refractivity (Wildman–Crippen MR) is 75.9 cm³/mol. The van der Waals surface area contributed by atoms with Crippen LogP contribution in [0.15, 0.2) is 47.2 Å². The van der Waals surface area contributed by atoms with Gasteiger partial charge in [-0.1, -0.05) is 15.9 Å². The van der Waals surface area contributed by atoms with Crippen molar-refractivity contribution >= 4 is 33.2 Å². The van der Waals surface area contributed by atoms with Crippen LogP contribution >= 0.6 is 15.9 Å². The van der Waals surface area contributed by atoms with Crippen LogP contribution in [0.3, 0.4) is 0 Å². The van der Waals surface area contributed by atoms with E-state index in [1.165, 1.54) is 0 Å². The lowest BCUT2D eigenvalue weighted by Gasteiger charge is -2.09. The number of pyridine rings is 1. The Bertz CT molecular complexity index is 554. The molecule has 1 aromatic carbocycles. The number of hydrogen-bond donors (Lipinski definition) is 2. The van der Waals surface area contributed by atoms with E-state index < -0.39 is 0 Å². The summed E-state index contributed by atoms with van der Waals surface area (Å²) in [4.78, 5) is 16.1. The number of amides is 1. The van der Waals surface area contributed by atoms with Crippen LogP contribution in [0.25, 0.3) is 0 Å². The Labute approximate surface area is 114 Å². The summed E-state index contributed by atoms with van der Waals surface area (Å²) >= 11 is 3.35. The van der Waals surface area contributed by atoms with Crippen LogP contribution in [0, 0.1) is 0 Å². The van der Waals surface area contributed by atoms with Gasteiger partial charge in [0.2, 0.25) is 0 Å². The number of carbonyl (C=O) groups excluding carboxylic acids is 1. The molecule has 0 saturated heterocycles. The summed E-state index contributed by atoms with van der Waals surface area (Å²) in [6, 6.07) is 9.10. The molecule has 2 N–H and O–H groups in total. The van der Waals surface area contributed by atoms with Gasteiger partial charge in [-0.3, -0.25) is 9.78 Å². The number of carbonyl (C=O) groups is 1. The molecule has 1 heterocycles. The Morgan fingerprint density at radius 2 is 1.94 bits per heavy atom. The summed E-state index contributed by atoms with van der Waals surface area (Å²) in [5.41, 5.74) is 2.02. The number of nitrogens with zero attached hydrogens (tertiary/aromatic N) is 1. The number of hydrogen-bond acceptors (Lipinski definition) is 3. The normalized spacial score (nSPS) is 9.89. The van der Waals surface area contributed by atoms with Gasteiger partial charge in [-0.2, -0.15) is 0 Å². The summed E-state index contributed by atoms with van der Waals surface area (Å²) in [7, 11) is 1.76. The summed E-state index contributed by atoms with van der Waals surface area (Å²) < 4.78 is 0.973. The molecule has 4 nitrogen and oxygen atoms in total. The Balaban J connectivity index is 2.19. The Kier molecular flexibility index (Phi) is 3.94. The van der Waals surface area contributed by atoms with Crippen LogP contribution in [0.1, 0.15) is 10.4 Å². The lowest BCUT2D eigenvalue weighted by Crippen LogP contribution is -2.14. The van der Waals surface area contributed by atoms with Crippen molar-refractivity contribution in [1.29, 1.82) is 0 Å². The molecule has 0 aliphatic carbocycles. The molecule has 0 aliphatic heterocycles. The first-order valence-corrected chi connectivity index (χ1v) is 6.18. The molecule has 0 atom stereocenters. The van der Waals surface area contributed by atoms with Gasteiger partial charge in [-0.15, -0.1) is 0 Å². The predicted octanol–water partition coefficient (Wildman–Crippen LogP) is 3.14. The molecule has 0 spiro atoms. The monoisotopic (exact) mass is 305 g/mol. The maximum absolute atomic E-state index is 12.1. The van der Waals surface area contributed by atoms with Gasteiger partial charge in [0.15, 0.2) is 0 Å². The summed E-state index contributed by atoms with van der Waals surface area (Å²) in [6.07, 6.45) is 3.22. The highest BCUT2D eigenvalue weighted by molar-refractivity contribution is 9.10. The van der Waals surface area contributed by atoms with E-state index in [2.05, 4.69) is 31.5 Å². The number of anilines is 2. The maximum atomic E-state index is 12.1. The average molecular weight is 306 g/mol. The number of aromatic nitrogens is 1. The third kappa shape index (κ3) is 2.87. The van der Waals surface area contributed by atoms with Gasteiger partial charge < -0.3 is 10.6 Å². The third-order valence-corrected chi connectivity index (χ3v) is 2.97. The SMILES string of the molecule is CNc1cnccc1C(=O)Nc1ccc(Br)cc1. The molecule has 0 radical (unpaired) electrons. The van der Waals surface area contributed by atoms with Gasteiger partial charge >= 0.3 is 0 Å². The highest BCUT2D eigenvalue weighted by Crippen LogP contribution is 2.17. The Hall–Kier alpha value is -1.88. The van der Waals surface area contributed by atoms with Gasteiger partial charge in [0.1, 0.15) is 0 Å². The van der Waals surface area contributed by atoms with Crippen molar-refractivity contribution in [2.24, 2.45) is 0 Å². The molecule has 0 unspecified atom stereocenters. The highest BCUT2D eigenvalue weighted by atomic mass is 79.9. The minimum atomic E-state index is -0.163. The second kappa shape index (κ2) is 5.64. The summed E-state index contributed by atoms with van der Waals surface area (Å²) in [6.45, 7) is 0. The van der Waals surface area contributed by atoms with Crippen LogP contribution in [0.5, 0.6) is 0 Å². The van der Waals surface area contributed by atoms with E-state index >= 15 is 0 Å². The first-order valence-electron chi connectivity index (χ1n) is 5.39. The minimum absolute atomic E-state index is 0.163. The van der Waals surface area contributed by atoms with Crippen LogP contribution in [0.2, 0.25) is 0 Å². The molecule has 0 aliphatic rings. The van der Waals surface area contributed by atoms with Crippen molar-refractivity contribution < 1.29 is 4.79 Å². The fourth-order valence-electron chi connectivity index (χ4n) is 1.52. The van der Waals surface area contributed by atoms with Crippen LogP contribution in [-0.4, -0.2) is 17.9 Å². The molecule has 18 heavy (non-hydrogen) atoms. The number of benzene rings is 1. The van der Waals surface area contributed by atoms with Gasteiger partial charge in [-0.05, 0) is 30.3 Å². The molecule has 0 bridgehead atoms. The quantitative estimate of drug-likeness (QED) is 0.916. The van der Waals surface area contributed by atoms with E-state index in [9.17, 15) is 4.79 Å². The fourth-order valence-corrected chi connectivity index (χ4v) is 1.79. The molecule has 2 aromatic rings. The van der Waals surface area contributed by atoms with Gasteiger partial charge in [0.05, 0.1) is 17.4 Å². The Morgan fingerprint density at radius 1 is 1.22 bits per heavy atom. The standard InChI is InChI=1S/C13H12BrN3O/c1-15-12-8-16-7-6-11(12)13(18)17-10-4-2-9(14)3-5-10/h2-8,15H,1H3,(H,17,18). The van der Waals surface area contributed by atoms with Gasteiger partial charge in [0, 0.05) is 23.4 Å². The van der Waals surface area contributed by atoms with Crippen molar-refractivity contribution in [3.8, 4) is 0 Å². The molecule has 0 saturated carbocycles. The van der Waals surface area contributed by atoms with E-state index in [0.29, 0.717) is 11.3 Å². The minimum Gasteiger partial charge on any atom is -0.386 e. The zero-order valence-corrected chi connectivity index (χ0v) is 11.4. The van der Waals surface area contributed by atoms with Crippen molar-refractivity contribution in [2.45, 2.75) is 0 Å². The first kappa shape index (κ1) is 12.6. The van der Waals surface area contributed by atoms with E-state index in [-0.39, 0.29) is 5.91 Å². The number of nitrogens with one attached hydrogen (secondary N) is 2. The van der Waals surface area contributed by atoms with E-state index in [0.717, 1.165) is 10.2 Å². The lowest BCUT2D eigenvalue weighted by molar-refractivity contribution is 0.102. The molecule has 2 rings (SSSR count). The first-order chi connectivity index (χ1) is 8.70. The maximum Gasteiger partial charge on any atom is 0.257 e. The zero-order valence-electron chi connectivity index (χ0n) is 9.77. The zero-order chi connectivity index (χ0) is 13.0. The second-order valence-electron chi connectivity index (χ2n) is 3.63. The third-order valence-electron chi connectivity index (χ3n) is 2.44. The van der Waals surface area contributed by atoms with E-state index in [1.54, 1.807) is 25.5 Å². The van der Waals surface area contributed by atoms with Gasteiger partial charge in [-0.25, -0.2) is 0 Å². The number of rotatable bonds is 3. The lowest BCUT2D eigenvalue weighted by atomic mass is 10.2. The van der Waals surface area contributed by atoms with Crippen molar-refractivity contribution in [3.63, 3.8) is 0 Å². The average Bonchev–Trinajstić information content (AvgIpc) is 2.41. The van der Waals surface area contributed by atoms with Crippen LogP contribution < -0.4 is 10.6 Å². The molecular weight excluding hydrogens is 294 g/mol. The van der Waals surface area contributed by atoms with Crippen molar-refractivity contribution in [2.75, 3.05) is 17.7 Å². The molecule has 92 valence electrons. The van der Waals surface area contributed by atoms with Crippen molar-refractivity contribution in [3.05, 3.63) is 52.8 Å². The fraction of sp³-hybridized carbons (Fsp3) is 0.0769. The topological polar surface area (TPSA) is 54.0 Å². The summed E-state index contributed by atoms with van der Waals surface area (Å²) in [5, 5.41) is 5.77. The second-order valence-corrected chi connectivity index (χ2v) is 4.55. The van der Waals surface area contributed by atoms with E-state index in [1.807, 2.05) is 24.3 Å². The molecular formula is C13H12BrN3O. The molecule has 5 heteroatoms. The highest BCUT2D eigenvalue weighted by Gasteiger charge is 2.10. The van der Waals surface area contributed by atoms with Gasteiger partial charge in [0.25, 0.3) is 5.91 Å². The van der Waals surface area contributed by atoms with E-state index in [4.69, 9.17) is 0 Å². The largest absolute Gasteiger partial charge is 0.386 e. The van der Waals surface area contributed by atoms with Crippen LogP contribution in [-0.2, 0) is 0 Å². The van der Waals surface area contributed by atoms with Crippen molar-refractivity contribution in [1.82, 2.24) is 4.98 Å². The van der Waals surface area contributed by atoms with Crippen LogP contribution in [0.4, 0.5) is 11.4 Å². The Morgan fingerprint density at radius 3 is 2.61 bits per heavy atom. The molecule has 0 fully saturated rings. The number of halogens is 1. The molecule has 1 aromatic heterocycles. The molecule has 1 amide bonds.